The average Bonchev–Trinajstić information content (AvgIpc) is 2.60. The number of fused-ring (bicyclic) bond motifs is 1. The van der Waals surface area contributed by atoms with Gasteiger partial charge in [0.1, 0.15) is 23.7 Å². The lowest BCUT2D eigenvalue weighted by atomic mass is 10.1. The van der Waals surface area contributed by atoms with E-state index in [0.29, 0.717) is 33.2 Å². The van der Waals surface area contributed by atoms with E-state index in [1.54, 1.807) is 37.4 Å². The number of carbonyl (C=O) groups is 1. The zero-order chi connectivity index (χ0) is 18.8. The van der Waals surface area contributed by atoms with Crippen LogP contribution in [0.2, 0.25) is 5.02 Å². The van der Waals surface area contributed by atoms with Gasteiger partial charge < -0.3 is 13.9 Å². The Balaban J connectivity index is 1.95. The van der Waals surface area contributed by atoms with Gasteiger partial charge in [0.15, 0.2) is 5.78 Å². The molecule has 5 nitrogen and oxygen atoms in total. The van der Waals surface area contributed by atoms with Crippen molar-refractivity contribution in [2.24, 2.45) is 0 Å². The van der Waals surface area contributed by atoms with Crippen LogP contribution in [-0.2, 0) is 6.61 Å². The predicted molar refractivity (Wildman–Crippen MR) is 99.6 cm³/mol. The highest BCUT2D eigenvalue weighted by Gasteiger charge is 2.12. The molecule has 0 atom stereocenters. The second kappa shape index (κ2) is 7.22. The Labute approximate surface area is 155 Å². The molecule has 0 saturated carbocycles. The number of benzene rings is 2. The van der Waals surface area contributed by atoms with Crippen LogP contribution >= 0.6 is 11.6 Å². The third-order valence-corrected chi connectivity index (χ3v) is 4.37. The molecule has 2 aromatic carbocycles. The zero-order valence-corrected chi connectivity index (χ0v) is 15.3. The molecule has 6 heteroatoms. The maximum absolute atomic E-state index is 11.6. The molecule has 26 heavy (non-hydrogen) atoms. The van der Waals surface area contributed by atoms with Crippen molar-refractivity contribution in [3.63, 3.8) is 0 Å². The number of rotatable bonds is 5. The van der Waals surface area contributed by atoms with Gasteiger partial charge in [0.25, 0.3) is 0 Å². The van der Waals surface area contributed by atoms with Gasteiger partial charge in [-0.3, -0.25) is 4.79 Å². The Hall–Kier alpha value is -2.79. The summed E-state index contributed by atoms with van der Waals surface area (Å²) < 4.78 is 16.3. The van der Waals surface area contributed by atoms with Crippen molar-refractivity contribution in [2.75, 3.05) is 7.11 Å². The van der Waals surface area contributed by atoms with Crippen LogP contribution in [0, 0.1) is 6.92 Å². The second-order valence-electron chi connectivity index (χ2n) is 5.90. The Kier molecular flexibility index (Phi) is 5.00. The first-order valence-corrected chi connectivity index (χ1v) is 8.31. The number of methoxy groups -OCH3 is 1. The largest absolute Gasteiger partial charge is 0.496 e. The van der Waals surface area contributed by atoms with Gasteiger partial charge in [-0.2, -0.15) is 0 Å². The third-order valence-electron chi connectivity index (χ3n) is 4.07. The molecule has 0 spiro atoms. The van der Waals surface area contributed by atoms with Crippen LogP contribution < -0.4 is 15.1 Å². The molecular weight excluding hydrogens is 356 g/mol. The van der Waals surface area contributed by atoms with E-state index in [2.05, 4.69) is 0 Å². The fourth-order valence-electron chi connectivity index (χ4n) is 2.70. The van der Waals surface area contributed by atoms with Crippen LogP contribution in [0.4, 0.5) is 0 Å². The van der Waals surface area contributed by atoms with E-state index in [1.807, 2.05) is 6.92 Å². The molecule has 134 valence electrons. The first-order valence-electron chi connectivity index (χ1n) is 7.93. The molecule has 3 aromatic rings. The lowest BCUT2D eigenvalue weighted by Crippen LogP contribution is -2.03. The lowest BCUT2D eigenvalue weighted by Gasteiger charge is -2.13. The molecule has 0 unspecified atom stereocenters. The summed E-state index contributed by atoms with van der Waals surface area (Å²) in [6.07, 6.45) is 0. The van der Waals surface area contributed by atoms with Gasteiger partial charge in [0.05, 0.1) is 12.1 Å². The minimum Gasteiger partial charge on any atom is -0.496 e. The molecule has 0 amide bonds. The molecule has 0 radical (unpaired) electrons. The summed E-state index contributed by atoms with van der Waals surface area (Å²) in [5.41, 5.74) is 2.02. The number of halogens is 1. The van der Waals surface area contributed by atoms with E-state index in [1.165, 1.54) is 13.0 Å². The maximum atomic E-state index is 11.6. The summed E-state index contributed by atoms with van der Waals surface area (Å²) in [6, 6.07) is 9.85. The van der Waals surface area contributed by atoms with Gasteiger partial charge in [-0.05, 0) is 43.7 Å². The highest BCUT2D eigenvalue weighted by Crippen LogP contribution is 2.32. The molecule has 1 heterocycles. The number of Topliss-reactive ketones (excluding diaryl/α,β-unsaturated/α-hetero) is 1. The van der Waals surface area contributed by atoms with Crippen LogP contribution in [0.15, 0.2) is 45.6 Å². The van der Waals surface area contributed by atoms with E-state index in [0.717, 1.165) is 10.9 Å². The molecule has 0 aliphatic carbocycles. The summed E-state index contributed by atoms with van der Waals surface area (Å²) >= 11 is 6.31. The van der Waals surface area contributed by atoms with E-state index >= 15 is 0 Å². The fourth-order valence-corrected chi connectivity index (χ4v) is 2.91. The molecule has 0 fully saturated rings. The number of carbonyl (C=O) groups excluding carboxylic acids is 1. The highest BCUT2D eigenvalue weighted by atomic mass is 35.5. The Morgan fingerprint density at radius 3 is 2.62 bits per heavy atom. The Morgan fingerprint density at radius 2 is 1.92 bits per heavy atom. The van der Waals surface area contributed by atoms with Gasteiger partial charge in [0, 0.05) is 28.6 Å². The number of ketones is 1. The SMILES string of the molecule is COc1ccc(C(C)=O)cc1COc1cc2oc(=O)cc(C)c2cc1Cl. The molecular formula is C20H17ClO5. The van der Waals surface area contributed by atoms with Crippen LogP contribution in [0.3, 0.4) is 0 Å². The van der Waals surface area contributed by atoms with Crippen LogP contribution in [-0.4, -0.2) is 12.9 Å². The summed E-state index contributed by atoms with van der Waals surface area (Å²) in [6.45, 7) is 3.46. The predicted octanol–water partition coefficient (Wildman–Crippen LogP) is 4.55. The third kappa shape index (κ3) is 3.58. The van der Waals surface area contributed by atoms with Crippen molar-refractivity contribution in [1.82, 2.24) is 0 Å². The van der Waals surface area contributed by atoms with Crippen molar-refractivity contribution in [3.8, 4) is 11.5 Å². The zero-order valence-electron chi connectivity index (χ0n) is 14.6. The first-order chi connectivity index (χ1) is 12.4. The molecule has 0 bridgehead atoms. The van der Waals surface area contributed by atoms with Gasteiger partial charge in [-0.15, -0.1) is 0 Å². The molecule has 0 aliphatic heterocycles. The Morgan fingerprint density at radius 1 is 1.15 bits per heavy atom. The lowest BCUT2D eigenvalue weighted by molar-refractivity contribution is 0.101. The normalized spacial score (nSPS) is 10.8. The first kappa shape index (κ1) is 18.0. The summed E-state index contributed by atoms with van der Waals surface area (Å²) in [7, 11) is 1.55. The molecule has 0 N–H and O–H groups in total. The van der Waals surface area contributed by atoms with E-state index in [-0.39, 0.29) is 12.4 Å². The summed E-state index contributed by atoms with van der Waals surface area (Å²) in [4.78, 5) is 23.2. The quantitative estimate of drug-likeness (QED) is 0.485. The highest BCUT2D eigenvalue weighted by molar-refractivity contribution is 6.32. The van der Waals surface area contributed by atoms with Crippen molar-refractivity contribution in [1.29, 1.82) is 0 Å². The minimum absolute atomic E-state index is 0.0464. The molecule has 1 aromatic heterocycles. The van der Waals surface area contributed by atoms with Crippen molar-refractivity contribution in [3.05, 3.63) is 68.5 Å². The van der Waals surface area contributed by atoms with E-state index in [9.17, 15) is 9.59 Å². The second-order valence-corrected chi connectivity index (χ2v) is 6.31. The molecule has 0 aliphatic rings. The van der Waals surface area contributed by atoms with Crippen molar-refractivity contribution in [2.45, 2.75) is 20.5 Å². The topological polar surface area (TPSA) is 65.7 Å². The fraction of sp³-hybridized carbons (Fsp3) is 0.200. The van der Waals surface area contributed by atoms with Gasteiger partial charge in [0.2, 0.25) is 0 Å². The number of hydrogen-bond acceptors (Lipinski definition) is 5. The van der Waals surface area contributed by atoms with Crippen molar-refractivity contribution >= 4 is 28.4 Å². The summed E-state index contributed by atoms with van der Waals surface area (Å²) in [5.74, 6) is 0.937. The number of aryl methyl sites for hydroxylation is 1. The van der Waals surface area contributed by atoms with E-state index in [4.69, 9.17) is 25.5 Å². The minimum atomic E-state index is -0.431. The molecule has 3 rings (SSSR count). The standard InChI is InChI=1S/C20H17ClO5/c1-11-6-20(23)26-18-9-19(16(21)8-15(11)18)25-10-14-7-13(12(2)22)4-5-17(14)24-3/h4-9H,10H2,1-3H3. The van der Waals surface area contributed by atoms with Crippen LogP contribution in [0.1, 0.15) is 28.4 Å². The Bertz CT molecular complexity index is 1050. The maximum Gasteiger partial charge on any atom is 0.336 e. The van der Waals surface area contributed by atoms with Crippen LogP contribution in [0.25, 0.3) is 11.0 Å². The summed E-state index contributed by atoms with van der Waals surface area (Å²) in [5, 5.41) is 1.15. The van der Waals surface area contributed by atoms with Gasteiger partial charge in [-0.25, -0.2) is 4.79 Å². The van der Waals surface area contributed by atoms with Gasteiger partial charge >= 0.3 is 5.63 Å². The smallest absolute Gasteiger partial charge is 0.336 e. The van der Waals surface area contributed by atoms with Crippen LogP contribution in [0.5, 0.6) is 11.5 Å². The monoisotopic (exact) mass is 372 g/mol. The van der Waals surface area contributed by atoms with Gasteiger partial charge in [-0.1, -0.05) is 11.6 Å². The number of ether oxygens (including phenoxy) is 2. The van der Waals surface area contributed by atoms with E-state index < -0.39 is 5.63 Å². The average molecular weight is 373 g/mol. The molecule has 0 saturated heterocycles. The van der Waals surface area contributed by atoms with Crippen molar-refractivity contribution < 1.29 is 18.7 Å². The number of hydrogen-bond donors (Lipinski definition) is 0.